The number of hydrogen-bond donors (Lipinski definition) is 2. The molecule has 0 bridgehead atoms. The number of rotatable bonds is 6. The molecule has 0 spiro atoms. The van der Waals surface area contributed by atoms with E-state index in [4.69, 9.17) is 0 Å². The number of carbonyl (C=O) groups is 2. The number of anilines is 1. The van der Waals surface area contributed by atoms with Crippen LogP contribution < -0.4 is 10.6 Å². The Bertz CT molecular complexity index is 449. The summed E-state index contributed by atoms with van der Waals surface area (Å²) < 4.78 is 12.9. The van der Waals surface area contributed by atoms with Crippen LogP contribution in [0, 0.1) is 5.82 Å². The summed E-state index contributed by atoms with van der Waals surface area (Å²) in [7, 11) is 3.78. The van der Waals surface area contributed by atoms with Crippen LogP contribution in [0.2, 0.25) is 0 Å². The Balaban J connectivity index is 2.33. The third kappa shape index (κ3) is 6.52. The maximum Gasteiger partial charge on any atom is 0.233 e. The van der Waals surface area contributed by atoms with Crippen LogP contribution in [0.4, 0.5) is 10.1 Å². The summed E-state index contributed by atoms with van der Waals surface area (Å²) >= 11 is 0. The van der Waals surface area contributed by atoms with Crippen molar-refractivity contribution in [2.75, 3.05) is 32.5 Å². The van der Waals surface area contributed by atoms with Gasteiger partial charge in [-0.3, -0.25) is 9.59 Å². The molecule has 0 heterocycles. The molecule has 0 aromatic heterocycles. The summed E-state index contributed by atoms with van der Waals surface area (Å²) in [5.41, 5.74) is 0.339. The van der Waals surface area contributed by atoms with E-state index >= 15 is 0 Å². The van der Waals surface area contributed by atoms with Gasteiger partial charge < -0.3 is 15.5 Å². The fourth-order valence-corrected chi connectivity index (χ4v) is 1.40. The Hall–Kier alpha value is -1.95. The van der Waals surface area contributed by atoms with Crippen molar-refractivity contribution in [1.82, 2.24) is 10.2 Å². The van der Waals surface area contributed by atoms with Crippen LogP contribution in [0.5, 0.6) is 0 Å². The minimum atomic E-state index is -0.465. The molecule has 0 unspecified atom stereocenters. The van der Waals surface area contributed by atoms with E-state index < -0.39 is 11.7 Å². The molecule has 1 aromatic carbocycles. The lowest BCUT2D eigenvalue weighted by Gasteiger charge is -2.10. The number of benzene rings is 1. The zero-order valence-corrected chi connectivity index (χ0v) is 11.1. The molecule has 0 aliphatic carbocycles. The van der Waals surface area contributed by atoms with Crippen LogP contribution in [0.3, 0.4) is 0 Å². The van der Waals surface area contributed by atoms with Crippen molar-refractivity contribution in [3.8, 4) is 0 Å². The zero-order chi connectivity index (χ0) is 14.3. The highest BCUT2D eigenvalue weighted by molar-refractivity contribution is 6.03. The number of nitrogens with one attached hydrogen (secondary N) is 2. The number of carbonyl (C=O) groups excluding carboxylic acids is 2. The molecule has 1 rings (SSSR count). The quantitative estimate of drug-likeness (QED) is 0.751. The smallest absolute Gasteiger partial charge is 0.233 e. The van der Waals surface area contributed by atoms with Gasteiger partial charge >= 0.3 is 0 Å². The van der Waals surface area contributed by atoms with E-state index in [2.05, 4.69) is 10.6 Å². The Morgan fingerprint density at radius 2 is 2.00 bits per heavy atom. The van der Waals surface area contributed by atoms with Crippen LogP contribution in [-0.4, -0.2) is 43.9 Å². The molecule has 0 saturated carbocycles. The van der Waals surface area contributed by atoms with Gasteiger partial charge in [0.1, 0.15) is 12.2 Å². The lowest BCUT2D eigenvalue weighted by Crippen LogP contribution is -2.33. The van der Waals surface area contributed by atoms with Gasteiger partial charge in [0.2, 0.25) is 11.8 Å². The summed E-state index contributed by atoms with van der Waals surface area (Å²) in [6.07, 6.45) is -0.274. The average Bonchev–Trinajstić information content (AvgIpc) is 2.27. The van der Waals surface area contributed by atoms with Crippen molar-refractivity contribution in [2.45, 2.75) is 6.42 Å². The molecule has 19 heavy (non-hydrogen) atoms. The van der Waals surface area contributed by atoms with E-state index in [-0.39, 0.29) is 12.3 Å². The van der Waals surface area contributed by atoms with Gasteiger partial charge in [-0.15, -0.1) is 0 Å². The van der Waals surface area contributed by atoms with Crippen LogP contribution in [0.1, 0.15) is 6.42 Å². The van der Waals surface area contributed by atoms with Gasteiger partial charge in [-0.25, -0.2) is 4.39 Å². The second kappa shape index (κ2) is 7.48. The monoisotopic (exact) mass is 267 g/mol. The van der Waals surface area contributed by atoms with Crippen LogP contribution in [0.25, 0.3) is 0 Å². The highest BCUT2D eigenvalue weighted by atomic mass is 19.1. The van der Waals surface area contributed by atoms with Crippen molar-refractivity contribution < 1.29 is 14.0 Å². The third-order valence-electron chi connectivity index (χ3n) is 2.31. The first kappa shape index (κ1) is 15.1. The molecule has 2 amide bonds. The zero-order valence-electron chi connectivity index (χ0n) is 11.1. The maximum absolute atomic E-state index is 12.9. The predicted octanol–water partition coefficient (Wildman–Crippen LogP) is 0.832. The molecule has 0 atom stereocenters. The van der Waals surface area contributed by atoms with E-state index in [0.29, 0.717) is 18.8 Å². The van der Waals surface area contributed by atoms with Gasteiger partial charge in [-0.05, 0) is 32.3 Å². The molecular formula is C13H18FN3O2. The van der Waals surface area contributed by atoms with Gasteiger partial charge in [0, 0.05) is 18.8 Å². The van der Waals surface area contributed by atoms with E-state index in [0.717, 1.165) is 0 Å². The summed E-state index contributed by atoms with van der Waals surface area (Å²) in [6, 6.07) is 5.53. The minimum Gasteiger partial charge on any atom is -0.354 e. The molecule has 0 fully saturated rings. The van der Waals surface area contributed by atoms with Crippen molar-refractivity contribution >= 4 is 17.5 Å². The van der Waals surface area contributed by atoms with Crippen LogP contribution in [0.15, 0.2) is 24.3 Å². The Kier molecular flexibility index (Phi) is 5.95. The second-order valence-electron chi connectivity index (χ2n) is 4.39. The average molecular weight is 267 g/mol. The highest BCUT2D eigenvalue weighted by Crippen LogP contribution is 2.09. The Morgan fingerprint density at radius 3 is 2.63 bits per heavy atom. The van der Waals surface area contributed by atoms with Gasteiger partial charge in [-0.2, -0.15) is 0 Å². The largest absolute Gasteiger partial charge is 0.354 e. The normalized spacial score (nSPS) is 10.3. The molecule has 6 heteroatoms. The van der Waals surface area contributed by atoms with Crippen LogP contribution >= 0.6 is 0 Å². The van der Waals surface area contributed by atoms with E-state index in [1.165, 1.54) is 18.2 Å². The molecule has 5 nitrogen and oxygen atoms in total. The number of likely N-dealkylation sites (N-methyl/N-ethyl adjacent to an activating group) is 1. The SMILES string of the molecule is CN(C)CCNC(=O)CC(=O)Nc1cccc(F)c1. The first-order valence-electron chi connectivity index (χ1n) is 5.94. The Labute approximate surface area is 111 Å². The number of halogens is 1. The topological polar surface area (TPSA) is 61.4 Å². The highest BCUT2D eigenvalue weighted by Gasteiger charge is 2.09. The van der Waals surface area contributed by atoms with Crippen molar-refractivity contribution in [2.24, 2.45) is 0 Å². The standard InChI is InChI=1S/C13H18FN3O2/c1-17(2)7-6-15-12(18)9-13(19)16-11-5-3-4-10(14)8-11/h3-5,8H,6-7,9H2,1-2H3,(H,15,18)(H,16,19). The van der Waals surface area contributed by atoms with Crippen molar-refractivity contribution in [3.05, 3.63) is 30.1 Å². The molecular weight excluding hydrogens is 249 g/mol. The van der Waals surface area contributed by atoms with Crippen LogP contribution in [-0.2, 0) is 9.59 Å². The molecule has 1 aromatic rings. The number of amides is 2. The predicted molar refractivity (Wildman–Crippen MR) is 71.2 cm³/mol. The Morgan fingerprint density at radius 1 is 1.26 bits per heavy atom. The van der Waals surface area contributed by atoms with E-state index in [1.54, 1.807) is 6.07 Å². The van der Waals surface area contributed by atoms with Crippen molar-refractivity contribution in [1.29, 1.82) is 0 Å². The van der Waals surface area contributed by atoms with Gasteiger partial charge in [0.15, 0.2) is 0 Å². The van der Waals surface area contributed by atoms with Gasteiger partial charge in [-0.1, -0.05) is 6.07 Å². The molecule has 104 valence electrons. The number of hydrogen-bond acceptors (Lipinski definition) is 3. The fraction of sp³-hybridized carbons (Fsp3) is 0.385. The summed E-state index contributed by atoms with van der Waals surface area (Å²) in [4.78, 5) is 24.9. The first-order valence-corrected chi connectivity index (χ1v) is 5.94. The first-order chi connectivity index (χ1) is 8.97. The third-order valence-corrected chi connectivity index (χ3v) is 2.31. The summed E-state index contributed by atoms with van der Waals surface area (Å²) in [5, 5.41) is 5.09. The summed E-state index contributed by atoms with van der Waals surface area (Å²) in [6.45, 7) is 1.19. The van der Waals surface area contributed by atoms with E-state index in [9.17, 15) is 14.0 Å². The minimum absolute atomic E-state index is 0.274. The molecule has 0 aliphatic heterocycles. The molecule has 0 saturated heterocycles. The maximum atomic E-state index is 12.9. The van der Waals surface area contributed by atoms with E-state index in [1.807, 2.05) is 19.0 Å². The second-order valence-corrected chi connectivity index (χ2v) is 4.39. The molecule has 0 radical (unpaired) electrons. The lowest BCUT2D eigenvalue weighted by atomic mass is 10.3. The lowest BCUT2D eigenvalue weighted by molar-refractivity contribution is -0.126. The van der Waals surface area contributed by atoms with Gasteiger partial charge in [0.05, 0.1) is 0 Å². The molecule has 2 N–H and O–H groups in total. The molecule has 0 aliphatic rings. The summed E-state index contributed by atoms with van der Waals surface area (Å²) in [5.74, 6) is -1.25. The van der Waals surface area contributed by atoms with Crippen molar-refractivity contribution in [3.63, 3.8) is 0 Å². The van der Waals surface area contributed by atoms with Gasteiger partial charge in [0.25, 0.3) is 0 Å². The number of nitrogens with zero attached hydrogens (tertiary/aromatic N) is 1. The fourth-order valence-electron chi connectivity index (χ4n) is 1.40.